The van der Waals surface area contributed by atoms with Crippen molar-refractivity contribution in [2.24, 2.45) is 0 Å². The third-order valence-corrected chi connectivity index (χ3v) is 1.35. The van der Waals surface area contributed by atoms with E-state index in [2.05, 4.69) is 17.9 Å². The first-order valence-corrected chi connectivity index (χ1v) is 4.65. The van der Waals surface area contributed by atoms with E-state index < -0.39 is 36.8 Å². The predicted octanol–water partition coefficient (Wildman–Crippen LogP) is 2.86. The molecule has 0 saturated heterocycles. The molecule has 116 valence electrons. The van der Waals surface area contributed by atoms with Gasteiger partial charge in [0.2, 0.25) is 6.17 Å². The lowest BCUT2D eigenvalue weighted by molar-refractivity contribution is -0.274. The molecule has 20 heavy (non-hydrogen) atoms. The SMILES string of the molecule is C=CC(=O)O.C=CC(=O)OC(F)(F)C(F)CC(F)(F)F. The lowest BCUT2D eigenvalue weighted by atomic mass is 10.2. The summed E-state index contributed by atoms with van der Waals surface area (Å²) in [6.45, 7) is 5.69. The summed E-state index contributed by atoms with van der Waals surface area (Å²) in [5, 5.41) is 7.60. The number of rotatable bonds is 5. The first-order chi connectivity index (χ1) is 8.85. The number of carboxylic acids is 1. The third-order valence-electron chi connectivity index (χ3n) is 1.35. The minimum atomic E-state index is -5.11. The normalized spacial score (nSPS) is 12.5. The molecule has 0 aromatic rings. The molecule has 1 unspecified atom stereocenters. The Bertz CT molecular complexity index is 363. The Balaban J connectivity index is 0. The zero-order valence-corrected chi connectivity index (χ0v) is 9.79. The lowest BCUT2D eigenvalue weighted by Crippen LogP contribution is -2.38. The van der Waals surface area contributed by atoms with Gasteiger partial charge in [-0.25, -0.2) is 14.0 Å². The van der Waals surface area contributed by atoms with Crippen molar-refractivity contribution in [3.8, 4) is 0 Å². The molecule has 0 aromatic carbocycles. The van der Waals surface area contributed by atoms with Crippen LogP contribution in [0.5, 0.6) is 0 Å². The van der Waals surface area contributed by atoms with E-state index in [-0.39, 0.29) is 6.08 Å². The molecule has 0 heterocycles. The number of alkyl halides is 6. The van der Waals surface area contributed by atoms with Crippen LogP contribution in [0.15, 0.2) is 25.3 Å². The van der Waals surface area contributed by atoms with Crippen molar-refractivity contribution in [1.82, 2.24) is 0 Å². The monoisotopic (exact) mass is 308 g/mol. The fourth-order valence-electron chi connectivity index (χ4n) is 0.562. The van der Waals surface area contributed by atoms with E-state index in [1.807, 2.05) is 0 Å². The fraction of sp³-hybridized carbons (Fsp3) is 0.400. The second kappa shape index (κ2) is 8.23. The van der Waals surface area contributed by atoms with Crippen LogP contribution in [-0.4, -0.2) is 35.5 Å². The Kier molecular flexibility index (Phi) is 8.36. The van der Waals surface area contributed by atoms with Gasteiger partial charge in [0, 0.05) is 12.2 Å². The van der Waals surface area contributed by atoms with Crippen LogP contribution >= 0.6 is 0 Å². The van der Waals surface area contributed by atoms with Crippen LogP contribution in [0.25, 0.3) is 0 Å². The maximum Gasteiger partial charge on any atom is 0.432 e. The van der Waals surface area contributed by atoms with Crippen LogP contribution in [0.2, 0.25) is 0 Å². The Morgan fingerprint density at radius 3 is 1.80 bits per heavy atom. The van der Waals surface area contributed by atoms with Crippen molar-refractivity contribution in [2.75, 3.05) is 0 Å². The predicted molar refractivity (Wildman–Crippen MR) is 54.6 cm³/mol. The van der Waals surface area contributed by atoms with Gasteiger partial charge in [-0.2, -0.15) is 22.0 Å². The summed E-state index contributed by atoms with van der Waals surface area (Å²) in [4.78, 5) is 19.5. The summed E-state index contributed by atoms with van der Waals surface area (Å²) >= 11 is 0. The Morgan fingerprint density at radius 1 is 1.15 bits per heavy atom. The molecule has 0 aliphatic carbocycles. The smallest absolute Gasteiger partial charge is 0.432 e. The number of aliphatic carboxylic acids is 1. The lowest BCUT2D eigenvalue weighted by Gasteiger charge is -2.20. The summed E-state index contributed by atoms with van der Waals surface area (Å²) in [6.07, 6.45) is -14.8. The molecule has 4 nitrogen and oxygen atoms in total. The molecule has 0 amide bonds. The number of hydrogen-bond acceptors (Lipinski definition) is 3. The van der Waals surface area contributed by atoms with Crippen molar-refractivity contribution in [3.63, 3.8) is 0 Å². The molecule has 0 fully saturated rings. The maximum atomic E-state index is 12.4. The van der Waals surface area contributed by atoms with E-state index in [1.165, 1.54) is 0 Å². The van der Waals surface area contributed by atoms with E-state index in [9.17, 15) is 35.9 Å². The minimum Gasteiger partial charge on any atom is -0.478 e. The van der Waals surface area contributed by atoms with E-state index in [4.69, 9.17) is 5.11 Å². The van der Waals surface area contributed by atoms with Crippen LogP contribution in [0.4, 0.5) is 26.3 Å². The van der Waals surface area contributed by atoms with Crippen molar-refractivity contribution in [3.05, 3.63) is 25.3 Å². The number of carbonyl (C=O) groups excluding carboxylic acids is 1. The molecule has 0 aliphatic rings. The second-order valence-corrected chi connectivity index (χ2v) is 3.02. The highest BCUT2D eigenvalue weighted by Gasteiger charge is 2.49. The summed E-state index contributed by atoms with van der Waals surface area (Å²) in [7, 11) is 0. The Morgan fingerprint density at radius 2 is 1.55 bits per heavy atom. The van der Waals surface area contributed by atoms with E-state index in [0.29, 0.717) is 0 Å². The van der Waals surface area contributed by atoms with Crippen LogP contribution < -0.4 is 0 Å². The number of hydrogen-bond donors (Lipinski definition) is 1. The van der Waals surface area contributed by atoms with Crippen LogP contribution in [0, 0.1) is 0 Å². The molecular formula is C10H10F6O4. The zero-order chi connectivity index (χ0) is 16.6. The van der Waals surface area contributed by atoms with Gasteiger partial charge < -0.3 is 9.84 Å². The minimum absolute atomic E-state index is 0.286. The second-order valence-electron chi connectivity index (χ2n) is 3.02. The third kappa shape index (κ3) is 11.1. The zero-order valence-electron chi connectivity index (χ0n) is 9.79. The molecule has 10 heteroatoms. The maximum absolute atomic E-state index is 12.4. The first-order valence-electron chi connectivity index (χ1n) is 4.65. The molecule has 0 saturated carbocycles. The van der Waals surface area contributed by atoms with Gasteiger partial charge >= 0.3 is 24.2 Å². The average molecular weight is 308 g/mol. The van der Waals surface area contributed by atoms with Crippen molar-refractivity contribution in [2.45, 2.75) is 24.9 Å². The average Bonchev–Trinajstić information content (AvgIpc) is 2.26. The van der Waals surface area contributed by atoms with Gasteiger partial charge in [0.25, 0.3) is 0 Å². The topological polar surface area (TPSA) is 63.6 Å². The quantitative estimate of drug-likeness (QED) is 0.482. The number of halogens is 6. The summed E-state index contributed by atoms with van der Waals surface area (Å²) < 4.78 is 74.9. The molecule has 0 aromatic heterocycles. The van der Waals surface area contributed by atoms with Gasteiger partial charge in [-0.1, -0.05) is 13.2 Å². The van der Waals surface area contributed by atoms with Gasteiger partial charge in [-0.05, 0) is 0 Å². The van der Waals surface area contributed by atoms with Gasteiger partial charge in [-0.3, -0.25) is 0 Å². The highest BCUT2D eigenvalue weighted by Crippen LogP contribution is 2.32. The molecule has 0 radical (unpaired) electrons. The summed E-state index contributed by atoms with van der Waals surface area (Å²) in [5.74, 6) is -2.69. The van der Waals surface area contributed by atoms with E-state index >= 15 is 0 Å². The summed E-state index contributed by atoms with van der Waals surface area (Å²) in [5.41, 5.74) is 0. The van der Waals surface area contributed by atoms with Crippen LogP contribution in [0.1, 0.15) is 6.42 Å². The fourth-order valence-corrected chi connectivity index (χ4v) is 0.562. The molecule has 1 N–H and O–H groups in total. The Hall–Kier alpha value is -2.00. The summed E-state index contributed by atoms with van der Waals surface area (Å²) in [6, 6.07) is 0. The Labute approximate surface area is 109 Å². The van der Waals surface area contributed by atoms with Crippen molar-refractivity contribution >= 4 is 11.9 Å². The number of esters is 1. The van der Waals surface area contributed by atoms with E-state index in [1.54, 1.807) is 0 Å². The first kappa shape index (κ1) is 20.3. The molecular weight excluding hydrogens is 298 g/mol. The molecule has 0 rings (SSSR count). The molecule has 0 aliphatic heterocycles. The van der Waals surface area contributed by atoms with Gasteiger partial charge in [0.15, 0.2) is 0 Å². The van der Waals surface area contributed by atoms with Gasteiger partial charge in [0.1, 0.15) is 0 Å². The number of carboxylic acid groups (broad SMARTS) is 1. The number of carbonyl (C=O) groups is 2. The van der Waals surface area contributed by atoms with Gasteiger partial charge in [0.05, 0.1) is 6.42 Å². The molecule has 0 bridgehead atoms. The highest BCUT2D eigenvalue weighted by molar-refractivity contribution is 5.81. The van der Waals surface area contributed by atoms with E-state index in [0.717, 1.165) is 6.08 Å². The standard InChI is InChI=1S/C7H6F6O2.C3H4O2/c1-2-5(14)15-7(12,13)4(8)3-6(9,10)11;1-2-3(4)5/h2,4H,1,3H2;2H,1H2,(H,4,5). The number of ether oxygens (including phenoxy) is 1. The van der Waals surface area contributed by atoms with Crippen LogP contribution in [0.3, 0.4) is 0 Å². The highest BCUT2D eigenvalue weighted by atomic mass is 19.4. The molecule has 1 atom stereocenters. The van der Waals surface area contributed by atoms with Gasteiger partial charge in [-0.15, -0.1) is 0 Å². The van der Waals surface area contributed by atoms with Crippen molar-refractivity contribution < 1.29 is 45.8 Å². The van der Waals surface area contributed by atoms with Crippen LogP contribution in [-0.2, 0) is 14.3 Å². The van der Waals surface area contributed by atoms with Crippen molar-refractivity contribution in [1.29, 1.82) is 0 Å². The largest absolute Gasteiger partial charge is 0.478 e. The molecule has 0 spiro atoms.